The molecule has 0 aromatic rings. The van der Waals surface area contributed by atoms with Gasteiger partial charge in [-0.3, -0.25) is 14.4 Å². The molecule has 380 valence electrons. The summed E-state index contributed by atoms with van der Waals surface area (Å²) in [6, 6.07) is 0. The summed E-state index contributed by atoms with van der Waals surface area (Å²) in [6.07, 6.45) is 68.8. The number of esters is 3. The summed E-state index contributed by atoms with van der Waals surface area (Å²) >= 11 is 0. The van der Waals surface area contributed by atoms with Crippen LogP contribution in [0, 0.1) is 0 Å². The highest BCUT2D eigenvalue weighted by Gasteiger charge is 2.19. The standard InChI is InChI=1S/C60H104O6/c1-4-7-10-13-16-19-22-25-27-29-30-32-34-36-39-41-44-47-50-53-59(62)65-56-57(66-60(63)54-51-48-45-42-37-24-21-18-15-12-9-6-3)55-64-58(61)52-49-46-43-40-38-35-33-31-28-26-23-20-17-14-11-8-5-2/h16-17,19-20,25-28,30,32,36,39,57H,4-15,18,21-24,29,31,33-35,37-38,40-56H2,1-3H3/b19-16-,20-17-,27-25-,28-26-,32-30-,39-36-/t57-/m0/s1. The van der Waals surface area contributed by atoms with E-state index in [-0.39, 0.29) is 31.1 Å². The fourth-order valence-electron chi connectivity index (χ4n) is 7.69. The van der Waals surface area contributed by atoms with E-state index in [0.717, 1.165) is 96.3 Å². The maximum atomic E-state index is 12.8. The van der Waals surface area contributed by atoms with Crippen LogP contribution in [-0.2, 0) is 28.6 Å². The van der Waals surface area contributed by atoms with Crippen LogP contribution in [0.15, 0.2) is 72.9 Å². The fourth-order valence-corrected chi connectivity index (χ4v) is 7.69. The van der Waals surface area contributed by atoms with Crippen LogP contribution < -0.4 is 0 Å². The molecule has 0 aromatic carbocycles. The minimum absolute atomic E-state index is 0.0882. The molecule has 0 unspecified atom stereocenters. The topological polar surface area (TPSA) is 78.9 Å². The highest BCUT2D eigenvalue weighted by Crippen LogP contribution is 2.15. The van der Waals surface area contributed by atoms with Gasteiger partial charge in [0.05, 0.1) is 0 Å². The van der Waals surface area contributed by atoms with Crippen LogP contribution >= 0.6 is 0 Å². The first-order valence-electron chi connectivity index (χ1n) is 27.9. The summed E-state index contributed by atoms with van der Waals surface area (Å²) in [5, 5.41) is 0. The van der Waals surface area contributed by atoms with Crippen molar-refractivity contribution >= 4 is 17.9 Å². The number of carbonyl (C=O) groups is 3. The van der Waals surface area contributed by atoms with Crippen LogP contribution in [0.1, 0.15) is 271 Å². The van der Waals surface area contributed by atoms with Crippen molar-refractivity contribution in [2.75, 3.05) is 13.2 Å². The molecule has 0 aliphatic carbocycles. The van der Waals surface area contributed by atoms with E-state index in [0.29, 0.717) is 19.3 Å². The lowest BCUT2D eigenvalue weighted by Crippen LogP contribution is -2.30. The van der Waals surface area contributed by atoms with Crippen molar-refractivity contribution in [2.45, 2.75) is 277 Å². The number of unbranched alkanes of at least 4 members (excludes halogenated alkanes) is 27. The Labute approximate surface area is 408 Å². The summed E-state index contributed by atoms with van der Waals surface area (Å²) < 4.78 is 16.8. The van der Waals surface area contributed by atoms with Gasteiger partial charge in [0.25, 0.3) is 0 Å². The van der Waals surface area contributed by atoms with Crippen molar-refractivity contribution in [1.29, 1.82) is 0 Å². The van der Waals surface area contributed by atoms with E-state index in [1.165, 1.54) is 135 Å². The second-order valence-electron chi connectivity index (χ2n) is 18.5. The molecule has 1 atom stereocenters. The largest absolute Gasteiger partial charge is 0.462 e. The molecule has 0 saturated carbocycles. The van der Waals surface area contributed by atoms with Crippen LogP contribution in [0.4, 0.5) is 0 Å². The average Bonchev–Trinajstić information content (AvgIpc) is 3.31. The second kappa shape index (κ2) is 54.5. The van der Waals surface area contributed by atoms with Crippen molar-refractivity contribution in [1.82, 2.24) is 0 Å². The number of ether oxygens (including phenoxy) is 3. The van der Waals surface area contributed by atoms with Crippen molar-refractivity contribution in [3.63, 3.8) is 0 Å². The molecule has 0 heterocycles. The summed E-state index contributed by atoms with van der Waals surface area (Å²) in [5.41, 5.74) is 0. The zero-order chi connectivity index (χ0) is 47.9. The molecule has 0 N–H and O–H groups in total. The van der Waals surface area contributed by atoms with E-state index in [4.69, 9.17) is 14.2 Å². The number of hydrogen-bond acceptors (Lipinski definition) is 6. The Bertz CT molecular complexity index is 1240. The molecule has 0 aromatic heterocycles. The molecule has 0 aliphatic rings. The molecular weight excluding hydrogens is 817 g/mol. The molecular formula is C60H104O6. The lowest BCUT2D eigenvalue weighted by atomic mass is 10.0. The minimum atomic E-state index is -0.790. The lowest BCUT2D eigenvalue weighted by molar-refractivity contribution is -0.167. The Morgan fingerprint density at radius 2 is 0.545 bits per heavy atom. The van der Waals surface area contributed by atoms with Crippen molar-refractivity contribution in [2.24, 2.45) is 0 Å². The first-order chi connectivity index (χ1) is 32.5. The SMILES string of the molecule is CCCCC/C=C\C/C=C\C/C=C\C/C=C\CCCCCC(=O)OC[C@H](COC(=O)CCCCCCCCC/C=C\C/C=C\CCCCC)OC(=O)CCCCCCCCCCCCCC. The van der Waals surface area contributed by atoms with Crippen LogP contribution in [0.5, 0.6) is 0 Å². The summed E-state index contributed by atoms with van der Waals surface area (Å²) in [5.74, 6) is -0.920. The van der Waals surface area contributed by atoms with Crippen LogP contribution in [-0.4, -0.2) is 37.2 Å². The quantitative estimate of drug-likeness (QED) is 0.0262. The van der Waals surface area contributed by atoms with Crippen LogP contribution in [0.2, 0.25) is 0 Å². The predicted octanol–water partition coefficient (Wildman–Crippen LogP) is 18.6. The lowest BCUT2D eigenvalue weighted by Gasteiger charge is -2.18. The first kappa shape index (κ1) is 62.8. The van der Waals surface area contributed by atoms with Gasteiger partial charge in [0, 0.05) is 19.3 Å². The Morgan fingerprint density at radius 3 is 0.894 bits per heavy atom. The van der Waals surface area contributed by atoms with Gasteiger partial charge >= 0.3 is 17.9 Å². The fraction of sp³-hybridized carbons (Fsp3) is 0.750. The van der Waals surface area contributed by atoms with Crippen molar-refractivity contribution < 1.29 is 28.6 Å². The van der Waals surface area contributed by atoms with E-state index in [9.17, 15) is 14.4 Å². The van der Waals surface area contributed by atoms with Crippen molar-refractivity contribution in [3.8, 4) is 0 Å². The van der Waals surface area contributed by atoms with E-state index < -0.39 is 6.10 Å². The van der Waals surface area contributed by atoms with Gasteiger partial charge in [-0.15, -0.1) is 0 Å². The number of carbonyl (C=O) groups excluding carboxylic acids is 3. The predicted molar refractivity (Wildman–Crippen MR) is 284 cm³/mol. The van der Waals surface area contributed by atoms with E-state index in [2.05, 4.69) is 93.7 Å². The smallest absolute Gasteiger partial charge is 0.306 e. The molecule has 0 saturated heterocycles. The Hall–Kier alpha value is -3.15. The Balaban J connectivity index is 4.41. The van der Waals surface area contributed by atoms with Gasteiger partial charge in [0.1, 0.15) is 13.2 Å². The summed E-state index contributed by atoms with van der Waals surface area (Å²) in [7, 11) is 0. The third-order valence-electron chi connectivity index (χ3n) is 11.9. The summed E-state index contributed by atoms with van der Waals surface area (Å²) in [4.78, 5) is 38.1. The molecule has 0 radical (unpaired) electrons. The van der Waals surface area contributed by atoms with Gasteiger partial charge in [0.15, 0.2) is 6.10 Å². The highest BCUT2D eigenvalue weighted by atomic mass is 16.6. The van der Waals surface area contributed by atoms with Crippen LogP contribution in [0.3, 0.4) is 0 Å². The van der Waals surface area contributed by atoms with Gasteiger partial charge in [-0.1, -0.05) is 229 Å². The molecule has 0 fully saturated rings. The average molecular weight is 921 g/mol. The third-order valence-corrected chi connectivity index (χ3v) is 11.9. The van der Waals surface area contributed by atoms with Crippen LogP contribution in [0.25, 0.3) is 0 Å². The molecule has 0 rings (SSSR count). The molecule has 6 nitrogen and oxygen atoms in total. The third kappa shape index (κ3) is 51.8. The monoisotopic (exact) mass is 921 g/mol. The maximum Gasteiger partial charge on any atom is 0.306 e. The molecule has 0 amide bonds. The number of hydrogen-bond donors (Lipinski definition) is 0. The van der Waals surface area contributed by atoms with E-state index >= 15 is 0 Å². The van der Waals surface area contributed by atoms with Gasteiger partial charge in [-0.25, -0.2) is 0 Å². The normalized spacial score (nSPS) is 12.6. The Morgan fingerprint density at radius 1 is 0.303 bits per heavy atom. The first-order valence-corrected chi connectivity index (χ1v) is 27.9. The highest BCUT2D eigenvalue weighted by molar-refractivity contribution is 5.71. The number of allylic oxidation sites excluding steroid dienone is 12. The second-order valence-corrected chi connectivity index (χ2v) is 18.5. The molecule has 6 heteroatoms. The molecule has 66 heavy (non-hydrogen) atoms. The van der Waals surface area contributed by atoms with E-state index in [1.807, 2.05) is 0 Å². The number of rotatable bonds is 50. The molecule has 0 aliphatic heterocycles. The molecule has 0 spiro atoms. The van der Waals surface area contributed by atoms with Gasteiger partial charge in [-0.2, -0.15) is 0 Å². The van der Waals surface area contributed by atoms with Gasteiger partial charge < -0.3 is 14.2 Å². The summed E-state index contributed by atoms with van der Waals surface area (Å²) in [6.45, 7) is 6.56. The maximum absolute atomic E-state index is 12.8. The minimum Gasteiger partial charge on any atom is -0.462 e. The molecule has 0 bridgehead atoms. The van der Waals surface area contributed by atoms with Crippen molar-refractivity contribution in [3.05, 3.63) is 72.9 Å². The van der Waals surface area contributed by atoms with Gasteiger partial charge in [0.2, 0.25) is 0 Å². The van der Waals surface area contributed by atoms with Gasteiger partial charge in [-0.05, 0) is 96.3 Å². The zero-order valence-electron chi connectivity index (χ0n) is 43.4. The Kier molecular flexibility index (Phi) is 51.9. The zero-order valence-corrected chi connectivity index (χ0v) is 43.4. The van der Waals surface area contributed by atoms with E-state index in [1.54, 1.807) is 0 Å².